The molecular weight excluding hydrogens is 393 g/mol. The number of carbonyl (C=O) groups excluding carboxylic acids is 1. The number of rotatable bonds is 5. The van der Waals surface area contributed by atoms with Crippen molar-refractivity contribution in [1.82, 2.24) is 14.9 Å². The molecule has 5 nitrogen and oxygen atoms in total. The van der Waals surface area contributed by atoms with Crippen molar-refractivity contribution in [2.75, 3.05) is 0 Å². The van der Waals surface area contributed by atoms with E-state index < -0.39 is 17.8 Å². The molecule has 2 heterocycles. The van der Waals surface area contributed by atoms with Crippen LogP contribution in [0, 0.1) is 5.82 Å². The molecule has 2 aromatic heterocycles. The molecule has 1 unspecified atom stereocenters. The number of nitrogens with zero attached hydrogens (tertiary/aromatic N) is 2. The molecule has 1 N–H and O–H groups in total. The lowest BCUT2D eigenvalue weighted by molar-refractivity contribution is 0.0914. The maximum Gasteiger partial charge on any atom is 0.287 e. The van der Waals surface area contributed by atoms with Crippen LogP contribution >= 0.6 is 11.6 Å². The molecule has 0 aliphatic heterocycles. The summed E-state index contributed by atoms with van der Waals surface area (Å²) in [7, 11) is 1.81. The molecule has 0 saturated carbocycles. The Balaban J connectivity index is 1.64. The maximum atomic E-state index is 13.8. The van der Waals surface area contributed by atoms with E-state index >= 15 is 0 Å². The second-order valence-electron chi connectivity index (χ2n) is 6.50. The zero-order valence-electron chi connectivity index (χ0n) is 15.5. The second-order valence-corrected chi connectivity index (χ2v) is 6.91. The molecule has 1 amide bonds. The largest absolute Gasteiger partial charge is 0.451 e. The second kappa shape index (κ2) is 7.93. The first kappa shape index (κ1) is 19.0. The zero-order valence-corrected chi connectivity index (χ0v) is 16.2. The van der Waals surface area contributed by atoms with Gasteiger partial charge in [-0.3, -0.25) is 4.79 Å². The van der Waals surface area contributed by atoms with Crippen molar-refractivity contribution in [2.45, 2.75) is 6.04 Å². The molecule has 4 rings (SSSR count). The summed E-state index contributed by atoms with van der Waals surface area (Å²) in [6.45, 7) is 0. The molecule has 1 atom stereocenters. The minimum Gasteiger partial charge on any atom is -0.451 e. The number of halogens is 2. The molecule has 29 heavy (non-hydrogen) atoms. The molecular formula is C22H17ClFN3O2. The van der Waals surface area contributed by atoms with Crippen LogP contribution in [-0.2, 0) is 7.05 Å². The lowest BCUT2D eigenvalue weighted by atomic mass is 10.1. The molecule has 7 heteroatoms. The normalized spacial score (nSPS) is 12.0. The van der Waals surface area contributed by atoms with Gasteiger partial charge in [-0.1, -0.05) is 35.9 Å². The smallest absolute Gasteiger partial charge is 0.287 e. The first-order valence-electron chi connectivity index (χ1n) is 8.91. The molecule has 0 aliphatic carbocycles. The van der Waals surface area contributed by atoms with Gasteiger partial charge in [0, 0.05) is 25.0 Å². The fourth-order valence-corrected chi connectivity index (χ4v) is 3.34. The van der Waals surface area contributed by atoms with Crippen LogP contribution in [0.1, 0.15) is 28.0 Å². The quantitative estimate of drug-likeness (QED) is 0.505. The minimum absolute atomic E-state index is 0.121. The van der Waals surface area contributed by atoms with Gasteiger partial charge in [0.2, 0.25) is 0 Å². The van der Waals surface area contributed by atoms with Crippen molar-refractivity contribution in [1.29, 1.82) is 0 Å². The summed E-state index contributed by atoms with van der Waals surface area (Å²) in [6.07, 6.45) is 3.38. The first-order valence-corrected chi connectivity index (χ1v) is 9.29. The predicted molar refractivity (Wildman–Crippen MR) is 108 cm³/mol. The summed E-state index contributed by atoms with van der Waals surface area (Å²) in [4.78, 5) is 17.2. The van der Waals surface area contributed by atoms with Crippen molar-refractivity contribution in [3.05, 3.63) is 101 Å². The Hall–Kier alpha value is -3.38. The number of aryl methyl sites for hydroxylation is 1. The highest BCUT2D eigenvalue weighted by atomic mass is 35.5. The van der Waals surface area contributed by atoms with E-state index in [0.717, 1.165) is 0 Å². The zero-order chi connectivity index (χ0) is 20.4. The summed E-state index contributed by atoms with van der Waals surface area (Å²) in [5.74, 6) is 0.341. The van der Waals surface area contributed by atoms with Crippen molar-refractivity contribution in [3.8, 4) is 11.3 Å². The minimum atomic E-state index is -0.646. The maximum absolute atomic E-state index is 13.8. The molecule has 2 aromatic carbocycles. The lowest BCUT2D eigenvalue weighted by Crippen LogP contribution is -2.31. The summed E-state index contributed by atoms with van der Waals surface area (Å²) in [5, 5.41) is 3.41. The number of aromatic nitrogens is 2. The van der Waals surface area contributed by atoms with Gasteiger partial charge in [-0.05, 0) is 42.0 Å². The Morgan fingerprint density at radius 3 is 2.72 bits per heavy atom. The molecule has 0 bridgehead atoms. The fourth-order valence-electron chi connectivity index (χ4n) is 3.11. The fraction of sp³-hybridized carbons (Fsp3) is 0.0909. The highest BCUT2D eigenvalue weighted by molar-refractivity contribution is 6.33. The number of carbonyl (C=O) groups is 1. The van der Waals surface area contributed by atoms with Crippen LogP contribution < -0.4 is 5.32 Å². The number of nitrogens with one attached hydrogen (secondary N) is 1. The SMILES string of the molecule is Cn1ccnc1C(NC(=O)c1ccc(-c2ccccc2Cl)o1)c1cccc(F)c1. The van der Waals surface area contributed by atoms with Crippen LogP contribution in [0.15, 0.2) is 77.5 Å². The van der Waals surface area contributed by atoms with Crippen LogP contribution in [0.25, 0.3) is 11.3 Å². The van der Waals surface area contributed by atoms with Gasteiger partial charge in [0.05, 0.1) is 5.02 Å². The molecule has 0 saturated heterocycles. The van der Waals surface area contributed by atoms with E-state index in [4.69, 9.17) is 16.0 Å². The Labute approximate surface area is 171 Å². The van der Waals surface area contributed by atoms with Crippen molar-refractivity contribution in [2.24, 2.45) is 7.05 Å². The van der Waals surface area contributed by atoms with Gasteiger partial charge in [-0.15, -0.1) is 0 Å². The van der Waals surface area contributed by atoms with Gasteiger partial charge in [-0.2, -0.15) is 0 Å². The van der Waals surface area contributed by atoms with Crippen LogP contribution in [0.5, 0.6) is 0 Å². The van der Waals surface area contributed by atoms with Gasteiger partial charge in [-0.25, -0.2) is 9.37 Å². The molecule has 146 valence electrons. The van der Waals surface area contributed by atoms with E-state index in [1.165, 1.54) is 12.1 Å². The van der Waals surface area contributed by atoms with Crippen LogP contribution in [-0.4, -0.2) is 15.5 Å². The van der Waals surface area contributed by atoms with E-state index in [2.05, 4.69) is 10.3 Å². The number of furan rings is 1. The highest BCUT2D eigenvalue weighted by Gasteiger charge is 2.23. The van der Waals surface area contributed by atoms with Gasteiger partial charge in [0.25, 0.3) is 5.91 Å². The molecule has 4 aromatic rings. The first-order chi connectivity index (χ1) is 14.0. The van der Waals surface area contributed by atoms with E-state index in [1.807, 2.05) is 25.2 Å². The third-order valence-corrected chi connectivity index (χ3v) is 4.87. The summed E-state index contributed by atoms with van der Waals surface area (Å²) >= 11 is 6.20. The number of hydrogen-bond acceptors (Lipinski definition) is 3. The van der Waals surface area contributed by atoms with Gasteiger partial charge in [0.1, 0.15) is 23.4 Å². The molecule has 0 aliphatic rings. The van der Waals surface area contributed by atoms with E-state index in [-0.39, 0.29) is 5.76 Å². The Morgan fingerprint density at radius 2 is 2.00 bits per heavy atom. The lowest BCUT2D eigenvalue weighted by Gasteiger charge is -2.18. The van der Waals surface area contributed by atoms with Crippen LogP contribution in [0.2, 0.25) is 5.02 Å². The van der Waals surface area contributed by atoms with Crippen molar-refractivity contribution < 1.29 is 13.6 Å². The predicted octanol–water partition coefficient (Wildman–Crippen LogP) is 4.99. The summed E-state index contributed by atoms with van der Waals surface area (Å²) < 4.78 is 21.3. The third-order valence-electron chi connectivity index (χ3n) is 4.54. The van der Waals surface area contributed by atoms with E-state index in [1.54, 1.807) is 47.3 Å². The Kier molecular flexibility index (Phi) is 5.18. The number of hydrogen-bond donors (Lipinski definition) is 1. The average Bonchev–Trinajstić information content (AvgIpc) is 3.36. The van der Waals surface area contributed by atoms with Crippen LogP contribution in [0.4, 0.5) is 4.39 Å². The van der Waals surface area contributed by atoms with Gasteiger partial charge in [0.15, 0.2) is 5.76 Å². The molecule has 0 fully saturated rings. The summed E-state index contributed by atoms with van der Waals surface area (Å²) in [5.41, 5.74) is 1.27. The third kappa shape index (κ3) is 3.93. The monoisotopic (exact) mass is 409 g/mol. The number of amides is 1. The van der Waals surface area contributed by atoms with E-state index in [0.29, 0.717) is 27.7 Å². The molecule has 0 spiro atoms. The highest BCUT2D eigenvalue weighted by Crippen LogP contribution is 2.29. The van der Waals surface area contributed by atoms with E-state index in [9.17, 15) is 9.18 Å². The Morgan fingerprint density at radius 1 is 1.17 bits per heavy atom. The van der Waals surface area contributed by atoms with Gasteiger partial charge < -0.3 is 14.3 Å². The van der Waals surface area contributed by atoms with Crippen molar-refractivity contribution in [3.63, 3.8) is 0 Å². The standard InChI is InChI=1S/C22H17ClFN3O2/c1-27-12-11-25-21(27)20(14-5-4-6-15(24)13-14)26-22(28)19-10-9-18(29-19)16-7-2-3-8-17(16)23/h2-13,20H,1H3,(H,26,28). The van der Waals surface area contributed by atoms with Gasteiger partial charge >= 0.3 is 0 Å². The number of imidazole rings is 1. The summed E-state index contributed by atoms with van der Waals surface area (Å²) in [6, 6.07) is 15.9. The molecule has 0 radical (unpaired) electrons. The van der Waals surface area contributed by atoms with Crippen molar-refractivity contribution >= 4 is 17.5 Å². The Bertz CT molecular complexity index is 1170. The average molecular weight is 410 g/mol. The topological polar surface area (TPSA) is 60.1 Å². The van der Waals surface area contributed by atoms with Crippen LogP contribution in [0.3, 0.4) is 0 Å². The number of benzene rings is 2.